The largest absolute Gasteiger partial charge is 0.497 e. The van der Waals surface area contributed by atoms with E-state index in [-0.39, 0.29) is 23.0 Å². The van der Waals surface area contributed by atoms with Crippen molar-refractivity contribution in [2.45, 2.75) is 13.0 Å². The fraction of sp³-hybridized carbons (Fsp3) is 0.250. The number of aromatic nitrogens is 2. The number of rotatable bonds is 7. The standard InChI is InChI=1S/C20H20N4O6/c1-12(18-21-22-19(30-18)13-5-8-15(28-4)9-6-13)29-20(25)14-7-10-16(23(2)3)17(11-14)24(26)27/h5-12H,1-4H3/t12-/m1/s1. The number of ether oxygens (including phenoxy) is 2. The van der Waals surface area contributed by atoms with E-state index >= 15 is 0 Å². The third kappa shape index (κ3) is 4.37. The molecule has 1 atom stereocenters. The number of benzene rings is 2. The van der Waals surface area contributed by atoms with E-state index < -0.39 is 17.0 Å². The topological polar surface area (TPSA) is 121 Å². The lowest BCUT2D eigenvalue weighted by molar-refractivity contribution is -0.384. The molecule has 0 unspecified atom stereocenters. The van der Waals surface area contributed by atoms with Gasteiger partial charge in [0.05, 0.1) is 17.6 Å². The summed E-state index contributed by atoms with van der Waals surface area (Å²) in [5.74, 6) is 0.324. The molecule has 0 aliphatic rings. The lowest BCUT2D eigenvalue weighted by atomic mass is 10.1. The second-order valence-electron chi connectivity index (χ2n) is 6.58. The zero-order chi connectivity index (χ0) is 21.8. The van der Waals surface area contributed by atoms with Gasteiger partial charge in [-0.1, -0.05) is 0 Å². The van der Waals surface area contributed by atoms with Gasteiger partial charge in [-0.3, -0.25) is 10.1 Å². The number of methoxy groups -OCH3 is 1. The number of nitrogens with zero attached hydrogens (tertiary/aromatic N) is 4. The predicted octanol–water partition coefficient (Wildman–Crippen LogP) is 3.64. The SMILES string of the molecule is COc1ccc(-c2nnc([C@@H](C)OC(=O)c3ccc(N(C)C)c([N+](=O)[O-])c3)o2)cc1. The van der Waals surface area contributed by atoms with Crippen LogP contribution in [0.2, 0.25) is 0 Å². The molecule has 0 saturated carbocycles. The van der Waals surface area contributed by atoms with Crippen molar-refractivity contribution in [2.24, 2.45) is 0 Å². The lowest BCUT2D eigenvalue weighted by Crippen LogP contribution is -2.13. The first kappa shape index (κ1) is 20.8. The second kappa shape index (κ2) is 8.60. The number of anilines is 1. The third-order valence-electron chi connectivity index (χ3n) is 4.30. The Labute approximate surface area is 172 Å². The molecule has 0 aliphatic heterocycles. The lowest BCUT2D eigenvalue weighted by Gasteiger charge is -2.14. The van der Waals surface area contributed by atoms with Crippen LogP contribution in [0.1, 0.15) is 29.3 Å². The van der Waals surface area contributed by atoms with E-state index in [1.165, 1.54) is 18.2 Å². The zero-order valence-corrected chi connectivity index (χ0v) is 16.9. The summed E-state index contributed by atoms with van der Waals surface area (Å²) in [4.78, 5) is 24.8. The highest BCUT2D eigenvalue weighted by atomic mass is 16.6. The Morgan fingerprint density at radius 1 is 1.17 bits per heavy atom. The van der Waals surface area contributed by atoms with Crippen molar-refractivity contribution >= 4 is 17.3 Å². The van der Waals surface area contributed by atoms with Gasteiger partial charge in [0.2, 0.25) is 5.89 Å². The van der Waals surface area contributed by atoms with Crippen molar-refractivity contribution in [2.75, 3.05) is 26.1 Å². The van der Waals surface area contributed by atoms with Gasteiger partial charge in [-0.2, -0.15) is 0 Å². The maximum Gasteiger partial charge on any atom is 0.339 e. The van der Waals surface area contributed by atoms with Gasteiger partial charge in [0.15, 0.2) is 6.10 Å². The maximum atomic E-state index is 12.5. The molecule has 0 aliphatic carbocycles. The number of carbonyl (C=O) groups is 1. The first-order chi connectivity index (χ1) is 14.3. The molecule has 0 bridgehead atoms. The Morgan fingerprint density at radius 2 is 1.87 bits per heavy atom. The molecule has 0 spiro atoms. The normalized spacial score (nSPS) is 11.6. The Morgan fingerprint density at radius 3 is 2.47 bits per heavy atom. The van der Waals surface area contributed by atoms with Crippen LogP contribution in [-0.2, 0) is 4.74 Å². The first-order valence-electron chi connectivity index (χ1n) is 8.94. The molecule has 0 radical (unpaired) electrons. The van der Waals surface area contributed by atoms with Crippen LogP contribution in [0, 0.1) is 10.1 Å². The van der Waals surface area contributed by atoms with Gasteiger partial charge < -0.3 is 18.8 Å². The monoisotopic (exact) mass is 412 g/mol. The van der Waals surface area contributed by atoms with Gasteiger partial charge in [-0.15, -0.1) is 10.2 Å². The van der Waals surface area contributed by atoms with Gasteiger partial charge in [0, 0.05) is 25.7 Å². The highest BCUT2D eigenvalue weighted by Gasteiger charge is 2.23. The number of nitro benzene ring substituents is 1. The van der Waals surface area contributed by atoms with Gasteiger partial charge in [-0.25, -0.2) is 4.79 Å². The molecule has 10 heteroatoms. The number of carbonyl (C=O) groups excluding carboxylic acids is 1. The van der Waals surface area contributed by atoms with E-state index in [1.807, 2.05) is 0 Å². The molecule has 0 fully saturated rings. The molecule has 1 heterocycles. The van der Waals surface area contributed by atoms with Crippen molar-refractivity contribution in [3.05, 3.63) is 64.0 Å². The fourth-order valence-corrected chi connectivity index (χ4v) is 2.70. The third-order valence-corrected chi connectivity index (χ3v) is 4.30. The number of hydrogen-bond donors (Lipinski definition) is 0. The summed E-state index contributed by atoms with van der Waals surface area (Å²) in [6, 6.07) is 11.2. The van der Waals surface area contributed by atoms with Gasteiger partial charge in [0.1, 0.15) is 11.4 Å². The Bertz CT molecular complexity index is 1060. The average molecular weight is 412 g/mol. The molecule has 3 aromatic rings. The molecule has 1 aromatic heterocycles. The molecule has 2 aromatic carbocycles. The fourth-order valence-electron chi connectivity index (χ4n) is 2.70. The molecule has 10 nitrogen and oxygen atoms in total. The minimum absolute atomic E-state index is 0.0500. The van der Waals surface area contributed by atoms with E-state index in [4.69, 9.17) is 13.9 Å². The van der Waals surface area contributed by atoms with E-state index in [2.05, 4.69) is 10.2 Å². The Hall–Kier alpha value is -3.95. The Balaban J connectivity index is 1.75. The molecule has 0 saturated heterocycles. The average Bonchev–Trinajstić information content (AvgIpc) is 3.23. The van der Waals surface area contributed by atoms with Crippen molar-refractivity contribution in [3.8, 4) is 17.2 Å². The molecule has 3 rings (SSSR count). The minimum Gasteiger partial charge on any atom is -0.497 e. The van der Waals surface area contributed by atoms with Crippen LogP contribution < -0.4 is 9.64 Å². The van der Waals surface area contributed by atoms with Crippen LogP contribution in [-0.4, -0.2) is 42.3 Å². The first-order valence-corrected chi connectivity index (χ1v) is 8.94. The summed E-state index contributed by atoms with van der Waals surface area (Å²) in [6.45, 7) is 1.58. The van der Waals surface area contributed by atoms with Gasteiger partial charge >= 0.3 is 5.97 Å². The summed E-state index contributed by atoms with van der Waals surface area (Å²) < 4.78 is 16.1. The summed E-state index contributed by atoms with van der Waals surface area (Å²) in [5.41, 5.74) is 0.921. The molecule has 30 heavy (non-hydrogen) atoms. The van der Waals surface area contributed by atoms with Crippen molar-refractivity contribution in [1.82, 2.24) is 10.2 Å². The summed E-state index contributed by atoms with van der Waals surface area (Å²) in [6.07, 6.45) is -0.843. The van der Waals surface area contributed by atoms with E-state index in [0.717, 1.165) is 0 Å². The molecule has 156 valence electrons. The van der Waals surface area contributed by atoms with Crippen molar-refractivity contribution in [1.29, 1.82) is 0 Å². The number of nitro groups is 1. The van der Waals surface area contributed by atoms with Crippen LogP contribution in [0.4, 0.5) is 11.4 Å². The zero-order valence-electron chi connectivity index (χ0n) is 16.9. The second-order valence-corrected chi connectivity index (χ2v) is 6.58. The van der Waals surface area contributed by atoms with E-state index in [1.54, 1.807) is 57.3 Å². The van der Waals surface area contributed by atoms with Gasteiger partial charge in [0.25, 0.3) is 11.6 Å². The maximum absolute atomic E-state index is 12.5. The van der Waals surface area contributed by atoms with Crippen LogP contribution in [0.15, 0.2) is 46.9 Å². The minimum atomic E-state index is -0.843. The predicted molar refractivity (Wildman–Crippen MR) is 108 cm³/mol. The molecular formula is C20H20N4O6. The van der Waals surface area contributed by atoms with Crippen LogP contribution in [0.25, 0.3) is 11.5 Å². The van der Waals surface area contributed by atoms with Crippen LogP contribution in [0.5, 0.6) is 5.75 Å². The molecular weight excluding hydrogens is 392 g/mol. The van der Waals surface area contributed by atoms with Crippen molar-refractivity contribution in [3.63, 3.8) is 0 Å². The summed E-state index contributed by atoms with van der Waals surface area (Å²) >= 11 is 0. The van der Waals surface area contributed by atoms with Gasteiger partial charge in [-0.05, 0) is 43.3 Å². The van der Waals surface area contributed by atoms with Crippen LogP contribution >= 0.6 is 0 Å². The summed E-state index contributed by atoms with van der Waals surface area (Å²) in [7, 11) is 4.93. The Kier molecular flexibility index (Phi) is 5.95. The quantitative estimate of drug-likeness (QED) is 0.325. The molecule has 0 amide bonds. The number of hydrogen-bond acceptors (Lipinski definition) is 9. The highest BCUT2D eigenvalue weighted by molar-refractivity contribution is 5.91. The van der Waals surface area contributed by atoms with Crippen LogP contribution in [0.3, 0.4) is 0 Å². The number of esters is 1. The van der Waals surface area contributed by atoms with Crippen molar-refractivity contribution < 1.29 is 23.6 Å². The van der Waals surface area contributed by atoms with E-state index in [0.29, 0.717) is 17.0 Å². The summed E-state index contributed by atoms with van der Waals surface area (Å²) in [5, 5.41) is 19.2. The van der Waals surface area contributed by atoms with E-state index in [9.17, 15) is 14.9 Å². The smallest absolute Gasteiger partial charge is 0.339 e. The highest BCUT2D eigenvalue weighted by Crippen LogP contribution is 2.29. The molecule has 0 N–H and O–H groups in total.